The summed E-state index contributed by atoms with van der Waals surface area (Å²) in [6, 6.07) is 0.0610. The number of nitrogens with one attached hydrogen (secondary N) is 3. The van der Waals surface area contributed by atoms with E-state index in [1.165, 1.54) is 12.8 Å². The lowest BCUT2D eigenvalue weighted by molar-refractivity contribution is 0.0917. The van der Waals surface area contributed by atoms with E-state index in [2.05, 4.69) is 16.0 Å². The number of amides is 2. The minimum absolute atomic E-state index is 0.110. The van der Waals surface area contributed by atoms with Crippen molar-refractivity contribution in [3.8, 4) is 0 Å². The van der Waals surface area contributed by atoms with Crippen LogP contribution in [-0.4, -0.2) is 37.4 Å². The molecular weight excluding hydrogens is 197 g/mol. The Kier molecular flexibility index (Phi) is 3.09. The number of urea groups is 1. The van der Waals surface area contributed by atoms with E-state index in [9.17, 15) is 9.18 Å². The van der Waals surface area contributed by atoms with Crippen molar-refractivity contribution in [2.24, 2.45) is 0 Å². The molecule has 4 nitrogen and oxygen atoms in total. The molecule has 2 aliphatic rings. The number of halogens is 1. The first kappa shape index (κ1) is 10.7. The van der Waals surface area contributed by atoms with Crippen LogP contribution in [0.5, 0.6) is 0 Å². The highest BCUT2D eigenvalue weighted by Crippen LogP contribution is 2.17. The molecule has 2 fully saturated rings. The topological polar surface area (TPSA) is 53.2 Å². The first-order valence-corrected chi connectivity index (χ1v) is 5.62. The predicted octanol–water partition coefficient (Wildman–Crippen LogP) is 0.540. The Morgan fingerprint density at radius 2 is 2.07 bits per heavy atom. The molecule has 0 aromatic rings. The lowest BCUT2D eigenvalue weighted by Crippen LogP contribution is -2.62. The first-order chi connectivity index (χ1) is 7.18. The SMILES string of the molecule is O=C(NCC1(F)CNC1)NC1CCCC1. The highest BCUT2D eigenvalue weighted by atomic mass is 19.1. The van der Waals surface area contributed by atoms with Gasteiger partial charge in [-0.2, -0.15) is 0 Å². The van der Waals surface area contributed by atoms with Crippen molar-refractivity contribution in [1.82, 2.24) is 16.0 Å². The number of rotatable bonds is 3. The molecule has 1 heterocycles. The third-order valence-corrected chi connectivity index (χ3v) is 3.14. The Morgan fingerprint density at radius 1 is 1.40 bits per heavy atom. The Labute approximate surface area is 89.0 Å². The maximum atomic E-state index is 13.5. The van der Waals surface area contributed by atoms with Crippen molar-refractivity contribution in [2.45, 2.75) is 37.4 Å². The van der Waals surface area contributed by atoms with E-state index in [0.717, 1.165) is 12.8 Å². The van der Waals surface area contributed by atoms with Crippen LogP contribution in [0, 0.1) is 0 Å². The minimum Gasteiger partial charge on any atom is -0.335 e. The van der Waals surface area contributed by atoms with Crippen molar-refractivity contribution >= 4 is 6.03 Å². The quantitative estimate of drug-likeness (QED) is 0.643. The van der Waals surface area contributed by atoms with Crippen molar-refractivity contribution < 1.29 is 9.18 Å². The molecule has 15 heavy (non-hydrogen) atoms. The van der Waals surface area contributed by atoms with Gasteiger partial charge in [-0.25, -0.2) is 9.18 Å². The average molecular weight is 215 g/mol. The molecule has 86 valence electrons. The first-order valence-electron chi connectivity index (χ1n) is 5.62. The molecule has 3 N–H and O–H groups in total. The molecule has 2 rings (SSSR count). The summed E-state index contributed by atoms with van der Waals surface area (Å²) in [5.74, 6) is 0. The summed E-state index contributed by atoms with van der Waals surface area (Å²) in [4.78, 5) is 11.4. The maximum Gasteiger partial charge on any atom is 0.315 e. The monoisotopic (exact) mass is 215 g/mol. The van der Waals surface area contributed by atoms with E-state index in [-0.39, 0.29) is 12.6 Å². The zero-order valence-electron chi connectivity index (χ0n) is 8.81. The molecule has 5 heteroatoms. The molecular formula is C10H18FN3O. The van der Waals surface area contributed by atoms with Gasteiger partial charge in [0.2, 0.25) is 0 Å². The van der Waals surface area contributed by atoms with Crippen molar-refractivity contribution in [1.29, 1.82) is 0 Å². The third-order valence-electron chi connectivity index (χ3n) is 3.14. The number of hydrogen-bond acceptors (Lipinski definition) is 2. The van der Waals surface area contributed by atoms with E-state index in [1.807, 2.05) is 0 Å². The molecule has 2 amide bonds. The van der Waals surface area contributed by atoms with Gasteiger partial charge in [0.25, 0.3) is 0 Å². The Hall–Kier alpha value is -0.840. The summed E-state index contributed by atoms with van der Waals surface area (Å²) in [5.41, 5.74) is -1.23. The average Bonchev–Trinajstić information content (AvgIpc) is 2.64. The zero-order chi connectivity index (χ0) is 10.7. The fourth-order valence-electron chi connectivity index (χ4n) is 2.07. The van der Waals surface area contributed by atoms with Crippen LogP contribution in [0.25, 0.3) is 0 Å². The standard InChI is InChI=1S/C10H18FN3O/c11-10(5-12-6-10)7-13-9(15)14-8-3-1-2-4-8/h8,12H,1-7H2,(H2,13,14,15). The molecule has 0 unspecified atom stereocenters. The van der Waals surface area contributed by atoms with Gasteiger partial charge in [-0.3, -0.25) is 0 Å². The number of alkyl halides is 1. The lowest BCUT2D eigenvalue weighted by atomic mass is 10.00. The van der Waals surface area contributed by atoms with Gasteiger partial charge in [0.1, 0.15) is 0 Å². The van der Waals surface area contributed by atoms with Gasteiger partial charge in [-0.05, 0) is 12.8 Å². The van der Waals surface area contributed by atoms with Crippen LogP contribution in [0.1, 0.15) is 25.7 Å². The van der Waals surface area contributed by atoms with Crippen LogP contribution in [0.3, 0.4) is 0 Å². The molecule has 0 radical (unpaired) electrons. The largest absolute Gasteiger partial charge is 0.335 e. The van der Waals surface area contributed by atoms with Crippen LogP contribution >= 0.6 is 0 Å². The zero-order valence-corrected chi connectivity index (χ0v) is 8.81. The summed E-state index contributed by atoms with van der Waals surface area (Å²) in [6.07, 6.45) is 4.47. The van der Waals surface area contributed by atoms with E-state index >= 15 is 0 Å². The van der Waals surface area contributed by atoms with E-state index < -0.39 is 5.67 Å². The van der Waals surface area contributed by atoms with Gasteiger partial charge >= 0.3 is 6.03 Å². The molecule has 0 atom stereocenters. The Bertz CT molecular complexity index is 237. The summed E-state index contributed by atoms with van der Waals surface area (Å²) in [7, 11) is 0. The summed E-state index contributed by atoms with van der Waals surface area (Å²) >= 11 is 0. The highest BCUT2D eigenvalue weighted by Gasteiger charge is 2.37. The van der Waals surface area contributed by atoms with Crippen molar-refractivity contribution in [2.75, 3.05) is 19.6 Å². The molecule has 1 saturated carbocycles. The second-order valence-electron chi connectivity index (χ2n) is 4.56. The second kappa shape index (κ2) is 4.35. The van der Waals surface area contributed by atoms with E-state index in [1.54, 1.807) is 0 Å². The van der Waals surface area contributed by atoms with Gasteiger partial charge in [-0.15, -0.1) is 0 Å². The van der Waals surface area contributed by atoms with Gasteiger partial charge in [0.15, 0.2) is 5.67 Å². The summed E-state index contributed by atoms with van der Waals surface area (Å²) in [6.45, 7) is 0.798. The van der Waals surface area contributed by atoms with Crippen LogP contribution < -0.4 is 16.0 Å². The van der Waals surface area contributed by atoms with E-state index in [4.69, 9.17) is 0 Å². The maximum absolute atomic E-state index is 13.5. The lowest BCUT2D eigenvalue weighted by Gasteiger charge is -2.34. The normalized spacial score (nSPS) is 24.6. The molecule has 1 aliphatic heterocycles. The Balaban J connectivity index is 1.63. The molecule has 0 bridgehead atoms. The fraction of sp³-hybridized carbons (Fsp3) is 0.900. The molecule has 0 aromatic carbocycles. The molecule has 0 spiro atoms. The summed E-state index contributed by atoms with van der Waals surface area (Å²) in [5, 5.41) is 8.30. The second-order valence-corrected chi connectivity index (χ2v) is 4.56. The smallest absolute Gasteiger partial charge is 0.315 e. The van der Waals surface area contributed by atoms with Gasteiger partial charge in [-0.1, -0.05) is 12.8 Å². The number of carbonyl (C=O) groups excluding carboxylic acids is 1. The van der Waals surface area contributed by atoms with E-state index in [0.29, 0.717) is 19.1 Å². The van der Waals surface area contributed by atoms with Crippen LogP contribution in [0.4, 0.5) is 9.18 Å². The van der Waals surface area contributed by atoms with Gasteiger partial charge in [0.05, 0.1) is 6.54 Å². The fourth-order valence-corrected chi connectivity index (χ4v) is 2.07. The third kappa shape index (κ3) is 2.81. The van der Waals surface area contributed by atoms with Crippen LogP contribution in [-0.2, 0) is 0 Å². The number of hydrogen-bond donors (Lipinski definition) is 3. The van der Waals surface area contributed by atoms with Gasteiger partial charge < -0.3 is 16.0 Å². The van der Waals surface area contributed by atoms with Gasteiger partial charge in [0, 0.05) is 19.1 Å². The highest BCUT2D eigenvalue weighted by molar-refractivity contribution is 5.74. The summed E-state index contributed by atoms with van der Waals surface area (Å²) < 4.78 is 13.5. The molecule has 0 aromatic heterocycles. The predicted molar refractivity (Wildman–Crippen MR) is 55.5 cm³/mol. The molecule has 1 saturated heterocycles. The Morgan fingerprint density at radius 3 is 2.60 bits per heavy atom. The minimum atomic E-state index is -1.23. The van der Waals surface area contributed by atoms with Crippen LogP contribution in [0.2, 0.25) is 0 Å². The van der Waals surface area contributed by atoms with Crippen LogP contribution in [0.15, 0.2) is 0 Å². The molecule has 1 aliphatic carbocycles. The van der Waals surface area contributed by atoms with Crippen molar-refractivity contribution in [3.63, 3.8) is 0 Å². The number of carbonyl (C=O) groups is 1. The van der Waals surface area contributed by atoms with Crippen molar-refractivity contribution in [3.05, 3.63) is 0 Å².